The van der Waals surface area contributed by atoms with Crippen LogP contribution in [-0.4, -0.2) is 59.3 Å². The summed E-state index contributed by atoms with van der Waals surface area (Å²) in [5, 5.41) is 0. The lowest BCUT2D eigenvalue weighted by Crippen LogP contribution is -2.47. The van der Waals surface area contributed by atoms with E-state index in [0.29, 0.717) is 43.2 Å². The molecular formula is C38H45N3O7S. The van der Waals surface area contributed by atoms with Crippen LogP contribution in [0.25, 0.3) is 11.1 Å². The third kappa shape index (κ3) is 6.91. The summed E-state index contributed by atoms with van der Waals surface area (Å²) >= 11 is 0. The number of nitrogens with zero attached hydrogens (tertiary/aromatic N) is 2. The van der Waals surface area contributed by atoms with Gasteiger partial charge in [-0.1, -0.05) is 67.0 Å². The molecule has 11 heteroatoms. The van der Waals surface area contributed by atoms with Crippen LogP contribution in [0.4, 0.5) is 0 Å². The average molecular weight is 688 g/mol. The van der Waals surface area contributed by atoms with E-state index >= 15 is 0 Å². The van der Waals surface area contributed by atoms with E-state index in [1.54, 1.807) is 17.9 Å². The predicted octanol–water partition coefficient (Wildman–Crippen LogP) is 5.83. The number of fused-ring (bicyclic) bond motifs is 3. The van der Waals surface area contributed by atoms with Crippen molar-refractivity contribution in [1.29, 1.82) is 0 Å². The molecule has 0 spiro atoms. The summed E-state index contributed by atoms with van der Waals surface area (Å²) in [4.78, 5) is 48.9. The number of oxazole rings is 1. The maximum absolute atomic E-state index is 14.6. The predicted molar refractivity (Wildman–Crippen MR) is 184 cm³/mol. The molecule has 4 aliphatic rings. The van der Waals surface area contributed by atoms with Crippen LogP contribution in [0.1, 0.15) is 82.3 Å². The van der Waals surface area contributed by atoms with E-state index in [1.807, 2.05) is 49.4 Å². The van der Waals surface area contributed by atoms with E-state index in [0.717, 1.165) is 36.8 Å². The number of allylic oxidation sites excluding steroid dienone is 2. The Hall–Kier alpha value is -3.99. The first-order valence-electron chi connectivity index (χ1n) is 17.6. The Kier molecular flexibility index (Phi) is 8.92. The largest absolute Gasteiger partial charge is 0.445 e. The van der Waals surface area contributed by atoms with Gasteiger partial charge in [-0.3, -0.25) is 19.1 Å². The van der Waals surface area contributed by atoms with Crippen molar-refractivity contribution < 1.29 is 32.0 Å². The Morgan fingerprint density at radius 2 is 1.92 bits per heavy atom. The maximum Gasteiger partial charge on any atom is 0.394 e. The zero-order valence-electron chi connectivity index (χ0n) is 28.2. The summed E-state index contributed by atoms with van der Waals surface area (Å²) in [5.41, 5.74) is 2.23. The summed E-state index contributed by atoms with van der Waals surface area (Å²) in [5.74, 6) is -1.58. The van der Waals surface area contributed by atoms with Crippen LogP contribution >= 0.6 is 0 Å². The molecule has 1 saturated heterocycles. The minimum atomic E-state index is -3.89. The van der Waals surface area contributed by atoms with Crippen LogP contribution < -0.4 is 9.46 Å². The lowest BCUT2D eigenvalue weighted by molar-refractivity contribution is -0.142. The summed E-state index contributed by atoms with van der Waals surface area (Å²) < 4.78 is 39.6. The fraction of sp³-hybridized carbons (Fsp3) is 0.526. The van der Waals surface area contributed by atoms with E-state index < -0.39 is 38.2 Å². The molecule has 0 bridgehead atoms. The second kappa shape index (κ2) is 13.0. The normalized spacial score (nSPS) is 29.3. The number of amides is 2. The number of hydrogen-bond donors (Lipinski definition) is 1. The zero-order valence-corrected chi connectivity index (χ0v) is 29.0. The van der Waals surface area contributed by atoms with Crippen molar-refractivity contribution in [3.05, 3.63) is 71.8 Å². The number of nitrogens with one attached hydrogen (secondary N) is 1. The highest BCUT2D eigenvalue weighted by Crippen LogP contribution is 2.57. The van der Waals surface area contributed by atoms with Crippen LogP contribution in [-0.2, 0) is 30.8 Å². The van der Waals surface area contributed by atoms with Crippen molar-refractivity contribution in [1.82, 2.24) is 14.6 Å². The number of sulfonamides is 1. The average Bonchev–Trinajstić information content (AvgIpc) is 3.87. The van der Waals surface area contributed by atoms with Crippen LogP contribution in [0.5, 0.6) is 6.08 Å². The molecule has 7 rings (SSSR count). The Morgan fingerprint density at radius 1 is 1.10 bits per heavy atom. The Labute approximate surface area is 287 Å². The highest BCUT2D eigenvalue weighted by atomic mass is 32.2. The third-order valence-electron chi connectivity index (χ3n) is 11.1. The van der Waals surface area contributed by atoms with Crippen molar-refractivity contribution >= 4 is 38.7 Å². The molecule has 10 nitrogen and oxygen atoms in total. The van der Waals surface area contributed by atoms with Gasteiger partial charge in [-0.2, -0.15) is 4.98 Å². The first kappa shape index (κ1) is 33.5. The van der Waals surface area contributed by atoms with Gasteiger partial charge in [0.25, 0.3) is 0 Å². The monoisotopic (exact) mass is 687 g/mol. The molecule has 2 aliphatic carbocycles. The summed E-state index contributed by atoms with van der Waals surface area (Å²) in [6.07, 6.45) is 9.81. The molecule has 49 heavy (non-hydrogen) atoms. The van der Waals surface area contributed by atoms with Gasteiger partial charge in [-0.25, -0.2) is 8.42 Å². The molecular weight excluding hydrogens is 642 g/mol. The number of carbonyl (C=O) groups excluding carboxylic acids is 3. The first-order valence-corrected chi connectivity index (χ1v) is 19.1. The number of ketones is 1. The maximum atomic E-state index is 14.6. The smallest absolute Gasteiger partial charge is 0.394 e. The highest BCUT2D eigenvalue weighted by molar-refractivity contribution is 7.91. The van der Waals surface area contributed by atoms with E-state index in [1.165, 1.54) is 0 Å². The van der Waals surface area contributed by atoms with Crippen molar-refractivity contribution in [3.8, 4) is 6.08 Å². The van der Waals surface area contributed by atoms with Crippen LogP contribution in [0.2, 0.25) is 0 Å². The molecule has 0 unspecified atom stereocenters. The second-order valence-electron chi connectivity index (χ2n) is 14.9. The highest BCUT2D eigenvalue weighted by Gasteiger charge is 2.62. The quantitative estimate of drug-likeness (QED) is 0.307. The fourth-order valence-corrected chi connectivity index (χ4v) is 8.92. The molecule has 2 aromatic carbocycles. The lowest BCUT2D eigenvalue weighted by Gasteiger charge is -2.29. The molecule has 1 aromatic heterocycles. The molecule has 1 N–H and O–H groups in total. The molecule has 2 aliphatic heterocycles. The van der Waals surface area contributed by atoms with Gasteiger partial charge in [0, 0.05) is 18.8 Å². The van der Waals surface area contributed by atoms with Gasteiger partial charge in [0.05, 0.1) is 22.7 Å². The summed E-state index contributed by atoms with van der Waals surface area (Å²) in [6.45, 7) is 3.85. The summed E-state index contributed by atoms with van der Waals surface area (Å²) in [7, 11) is -3.89. The van der Waals surface area contributed by atoms with Crippen molar-refractivity contribution in [3.63, 3.8) is 0 Å². The molecule has 3 heterocycles. The SMILES string of the molecule is Cc1cccc(C[C@H]2CCCCC/C=C\[C@H]3C[C@@]3(C(=O)NS(=O)(=O)C3(C)CC3)CC(=O)[C@@H]3C[C@@H](Oc4nc5ccccc5o4)CN3C2=O)c1. The van der Waals surface area contributed by atoms with Gasteiger partial charge >= 0.3 is 6.08 Å². The lowest BCUT2D eigenvalue weighted by atomic mass is 9.89. The number of rotatable bonds is 7. The molecule has 3 aromatic rings. The van der Waals surface area contributed by atoms with Gasteiger partial charge in [0.1, 0.15) is 11.6 Å². The van der Waals surface area contributed by atoms with E-state index in [-0.39, 0.29) is 49.0 Å². The van der Waals surface area contributed by atoms with Gasteiger partial charge < -0.3 is 14.1 Å². The zero-order chi connectivity index (χ0) is 34.4. The number of Topliss-reactive ketones (excluding diaryl/α,β-unsaturated/α-hetero) is 1. The minimum Gasteiger partial charge on any atom is -0.445 e. The van der Waals surface area contributed by atoms with Crippen LogP contribution in [0.3, 0.4) is 0 Å². The molecule has 2 amide bonds. The minimum absolute atomic E-state index is 0.0761. The first-order chi connectivity index (χ1) is 23.5. The molecule has 5 atom stereocenters. The topological polar surface area (TPSA) is 136 Å². The van der Waals surface area contributed by atoms with Gasteiger partial charge in [0.15, 0.2) is 11.4 Å². The number of aryl methyl sites for hydroxylation is 1. The molecule has 2 saturated carbocycles. The number of hydrogen-bond acceptors (Lipinski definition) is 8. The van der Waals surface area contributed by atoms with Gasteiger partial charge in [0.2, 0.25) is 21.8 Å². The van der Waals surface area contributed by atoms with E-state index in [9.17, 15) is 22.8 Å². The molecule has 260 valence electrons. The van der Waals surface area contributed by atoms with Crippen LogP contribution in [0.15, 0.2) is 65.1 Å². The Bertz CT molecular complexity index is 1860. The Morgan fingerprint density at radius 3 is 2.69 bits per heavy atom. The number of ether oxygens (including phenoxy) is 1. The van der Waals surface area contributed by atoms with Crippen LogP contribution in [0, 0.1) is 24.2 Å². The fourth-order valence-electron chi connectivity index (χ4n) is 7.59. The summed E-state index contributed by atoms with van der Waals surface area (Å²) in [6, 6.07) is 14.7. The number of benzene rings is 2. The molecule has 0 radical (unpaired) electrons. The number of para-hydroxylation sites is 2. The van der Waals surface area contributed by atoms with E-state index in [4.69, 9.17) is 9.15 Å². The standard InChI is InChI=1S/C38H45N3O7S/c1-25-11-10-12-26(19-25)20-27-13-6-4-3-5-7-14-28-22-38(28,35(44)40-49(45,46)37(2)17-18-37)23-32(42)31-21-29(24-41(31)34(27)43)47-36-39-30-15-8-9-16-33(30)48-36/h7-12,14-16,19,27-29,31H,3-6,13,17-18,20-24H2,1-2H3,(H,40,44)/b14-7-/t27-,28+,29-,31+,38-/m1/s1. The van der Waals surface area contributed by atoms with Crippen molar-refractivity contribution in [2.45, 2.75) is 101 Å². The van der Waals surface area contributed by atoms with Gasteiger partial charge in [-0.05, 0) is 82.4 Å². The third-order valence-corrected chi connectivity index (χ3v) is 13.2. The second-order valence-corrected chi connectivity index (χ2v) is 17.1. The van der Waals surface area contributed by atoms with Crippen molar-refractivity contribution in [2.75, 3.05) is 6.54 Å². The van der Waals surface area contributed by atoms with Crippen molar-refractivity contribution in [2.24, 2.45) is 17.3 Å². The molecule has 3 fully saturated rings. The number of carbonyl (C=O) groups is 3. The van der Waals surface area contributed by atoms with Gasteiger partial charge in [-0.15, -0.1) is 0 Å². The number of aromatic nitrogens is 1. The van der Waals surface area contributed by atoms with E-state index in [2.05, 4.69) is 21.8 Å². The Balaban J connectivity index is 1.18.